The van der Waals surface area contributed by atoms with Gasteiger partial charge >= 0.3 is 0 Å². The first-order valence-electron chi connectivity index (χ1n) is 8.55. The van der Waals surface area contributed by atoms with Crippen LogP contribution in [0, 0.1) is 11.3 Å². The third kappa shape index (κ3) is 3.32. The molecule has 0 aromatic heterocycles. The Morgan fingerprint density at radius 2 is 1.78 bits per heavy atom. The molecular weight excluding hydrogens is 308 g/mol. The number of sulfonamides is 1. The number of likely N-dealkylation sites (tertiary alicyclic amines) is 1. The summed E-state index contributed by atoms with van der Waals surface area (Å²) in [6.07, 6.45) is 3.56. The molecule has 1 aromatic carbocycles. The first kappa shape index (κ1) is 16.9. The maximum Gasteiger partial charge on any atom is 0.211 e. The molecular formula is C18H28N2O2S. The van der Waals surface area contributed by atoms with Gasteiger partial charge in [0, 0.05) is 24.5 Å². The van der Waals surface area contributed by atoms with Gasteiger partial charge in [0.2, 0.25) is 10.0 Å². The minimum absolute atomic E-state index is 0.177. The van der Waals surface area contributed by atoms with Gasteiger partial charge in [-0.3, -0.25) is 4.90 Å². The molecule has 1 unspecified atom stereocenters. The third-order valence-electron chi connectivity index (χ3n) is 5.57. The van der Waals surface area contributed by atoms with E-state index < -0.39 is 10.0 Å². The van der Waals surface area contributed by atoms with Gasteiger partial charge in [-0.05, 0) is 37.4 Å². The van der Waals surface area contributed by atoms with Gasteiger partial charge in [-0.2, -0.15) is 4.31 Å². The van der Waals surface area contributed by atoms with Crippen LogP contribution >= 0.6 is 0 Å². The first-order valence-corrected chi connectivity index (χ1v) is 10.4. The quantitative estimate of drug-likeness (QED) is 0.848. The predicted octanol–water partition coefficient (Wildman–Crippen LogP) is 2.57. The molecule has 2 aliphatic rings. The number of hydrogen-bond donors (Lipinski definition) is 0. The predicted molar refractivity (Wildman–Crippen MR) is 93.6 cm³/mol. The zero-order chi connectivity index (χ0) is 16.7. The Morgan fingerprint density at radius 3 is 2.30 bits per heavy atom. The van der Waals surface area contributed by atoms with Crippen molar-refractivity contribution in [3.63, 3.8) is 0 Å². The molecule has 1 spiro atoms. The molecule has 3 rings (SSSR count). The van der Waals surface area contributed by atoms with E-state index >= 15 is 0 Å². The minimum Gasteiger partial charge on any atom is -0.299 e. The summed E-state index contributed by atoms with van der Waals surface area (Å²) in [6.45, 7) is 8.15. The fraction of sp³-hybridized carbons (Fsp3) is 0.667. The highest BCUT2D eigenvalue weighted by Crippen LogP contribution is 2.50. The molecule has 2 aliphatic heterocycles. The lowest BCUT2D eigenvalue weighted by Crippen LogP contribution is -2.70. The van der Waals surface area contributed by atoms with Crippen molar-refractivity contribution in [2.45, 2.75) is 39.3 Å². The van der Waals surface area contributed by atoms with Crippen molar-refractivity contribution in [2.75, 3.05) is 25.9 Å². The van der Waals surface area contributed by atoms with Gasteiger partial charge in [0.25, 0.3) is 0 Å². The van der Waals surface area contributed by atoms with Crippen LogP contribution in [0.5, 0.6) is 0 Å². The highest BCUT2D eigenvalue weighted by molar-refractivity contribution is 7.88. The van der Waals surface area contributed by atoms with Gasteiger partial charge in [-0.25, -0.2) is 8.42 Å². The van der Waals surface area contributed by atoms with E-state index in [2.05, 4.69) is 49.1 Å². The number of nitrogens with zero attached hydrogens (tertiary/aromatic N) is 2. The standard InChI is InChI=1S/C18H28N2O2S/c1-15(2)17-18(14-20(17)23(3,21)22)9-11-19(12-10-18)13-16-7-5-4-6-8-16/h4-8,15,17H,9-14H2,1-3H3. The van der Waals surface area contributed by atoms with Crippen LogP contribution in [0.15, 0.2) is 30.3 Å². The Bertz CT molecular complexity index is 634. The van der Waals surface area contributed by atoms with Crippen LogP contribution in [0.3, 0.4) is 0 Å². The van der Waals surface area contributed by atoms with Gasteiger partial charge in [-0.15, -0.1) is 0 Å². The van der Waals surface area contributed by atoms with Gasteiger partial charge in [0.15, 0.2) is 0 Å². The van der Waals surface area contributed by atoms with Crippen molar-refractivity contribution in [1.82, 2.24) is 9.21 Å². The summed E-state index contributed by atoms with van der Waals surface area (Å²) in [7, 11) is -3.08. The van der Waals surface area contributed by atoms with Crippen molar-refractivity contribution in [1.29, 1.82) is 0 Å². The summed E-state index contributed by atoms with van der Waals surface area (Å²) in [5, 5.41) is 0. The third-order valence-corrected chi connectivity index (χ3v) is 6.77. The van der Waals surface area contributed by atoms with Crippen molar-refractivity contribution >= 4 is 10.0 Å². The number of piperidine rings is 1. The maximum atomic E-state index is 12.0. The van der Waals surface area contributed by atoms with Crippen molar-refractivity contribution in [2.24, 2.45) is 11.3 Å². The number of rotatable bonds is 4. The largest absolute Gasteiger partial charge is 0.299 e. The molecule has 0 aliphatic carbocycles. The van der Waals surface area contributed by atoms with Crippen LogP contribution in [-0.4, -0.2) is 49.6 Å². The van der Waals surface area contributed by atoms with Gasteiger partial charge in [0.1, 0.15) is 0 Å². The van der Waals surface area contributed by atoms with Crippen LogP contribution in [0.1, 0.15) is 32.3 Å². The lowest BCUT2D eigenvalue weighted by atomic mass is 9.63. The molecule has 128 valence electrons. The van der Waals surface area contributed by atoms with Crippen LogP contribution in [0.4, 0.5) is 0 Å². The van der Waals surface area contributed by atoms with Crippen LogP contribution in [-0.2, 0) is 16.6 Å². The molecule has 0 amide bonds. The average Bonchev–Trinajstić information content (AvgIpc) is 2.45. The molecule has 0 radical (unpaired) electrons. The molecule has 5 heteroatoms. The zero-order valence-corrected chi connectivity index (χ0v) is 15.2. The van der Waals surface area contributed by atoms with E-state index in [1.54, 1.807) is 4.31 Å². The SMILES string of the molecule is CC(C)C1N(S(C)(=O)=O)CC12CCN(Cc1ccccc1)CC2. The van der Waals surface area contributed by atoms with E-state index in [-0.39, 0.29) is 11.5 Å². The smallest absolute Gasteiger partial charge is 0.211 e. The summed E-state index contributed by atoms with van der Waals surface area (Å²) in [5.41, 5.74) is 1.56. The van der Waals surface area contributed by atoms with Gasteiger partial charge < -0.3 is 0 Å². The number of hydrogen-bond acceptors (Lipinski definition) is 3. The summed E-state index contributed by atoms with van der Waals surface area (Å²) in [4.78, 5) is 2.50. The second kappa shape index (κ2) is 6.19. The van der Waals surface area contributed by atoms with E-state index in [1.807, 2.05) is 0 Å². The monoisotopic (exact) mass is 336 g/mol. The Hall–Kier alpha value is -0.910. The Kier molecular flexibility index (Phi) is 4.55. The Labute approximate surface area is 140 Å². The average molecular weight is 337 g/mol. The second-order valence-corrected chi connectivity index (χ2v) is 9.56. The molecule has 2 saturated heterocycles. The van der Waals surface area contributed by atoms with Gasteiger partial charge in [0.05, 0.1) is 6.26 Å². The second-order valence-electron chi connectivity index (χ2n) is 7.62. The zero-order valence-electron chi connectivity index (χ0n) is 14.4. The van der Waals surface area contributed by atoms with Crippen molar-refractivity contribution in [3.8, 4) is 0 Å². The lowest BCUT2D eigenvalue weighted by Gasteiger charge is -2.60. The Balaban J connectivity index is 1.64. The minimum atomic E-state index is -3.08. The molecule has 2 heterocycles. The highest BCUT2D eigenvalue weighted by Gasteiger charge is 2.57. The fourth-order valence-corrected chi connectivity index (χ4v) is 5.88. The molecule has 23 heavy (non-hydrogen) atoms. The summed E-state index contributed by atoms with van der Waals surface area (Å²) < 4.78 is 25.7. The molecule has 0 bridgehead atoms. The Morgan fingerprint density at radius 1 is 1.17 bits per heavy atom. The first-order chi connectivity index (χ1) is 10.8. The molecule has 0 N–H and O–H groups in total. The fourth-order valence-electron chi connectivity index (χ4n) is 4.51. The molecule has 2 fully saturated rings. The van der Waals surface area contributed by atoms with E-state index in [4.69, 9.17) is 0 Å². The van der Waals surface area contributed by atoms with Crippen LogP contribution in [0.2, 0.25) is 0 Å². The number of benzene rings is 1. The normalized spacial score (nSPS) is 25.7. The van der Waals surface area contributed by atoms with Gasteiger partial charge in [-0.1, -0.05) is 44.2 Å². The molecule has 1 aromatic rings. The molecule has 4 nitrogen and oxygen atoms in total. The van der Waals surface area contributed by atoms with E-state index in [9.17, 15) is 8.42 Å². The topological polar surface area (TPSA) is 40.6 Å². The van der Waals surface area contributed by atoms with E-state index in [0.29, 0.717) is 12.5 Å². The lowest BCUT2D eigenvalue weighted by molar-refractivity contribution is -0.0810. The molecule has 1 atom stereocenters. The van der Waals surface area contributed by atoms with E-state index in [1.165, 1.54) is 11.8 Å². The van der Waals surface area contributed by atoms with Crippen LogP contribution < -0.4 is 0 Å². The summed E-state index contributed by atoms with van der Waals surface area (Å²) >= 11 is 0. The summed E-state index contributed by atoms with van der Waals surface area (Å²) in [6, 6.07) is 10.8. The maximum absolute atomic E-state index is 12.0. The van der Waals surface area contributed by atoms with Crippen LogP contribution in [0.25, 0.3) is 0 Å². The molecule has 0 saturated carbocycles. The highest BCUT2D eigenvalue weighted by atomic mass is 32.2. The van der Waals surface area contributed by atoms with Crippen molar-refractivity contribution in [3.05, 3.63) is 35.9 Å². The summed E-state index contributed by atoms with van der Waals surface area (Å²) in [5.74, 6) is 0.374. The van der Waals surface area contributed by atoms with E-state index in [0.717, 1.165) is 32.5 Å². The van der Waals surface area contributed by atoms with Crippen molar-refractivity contribution < 1.29 is 8.42 Å².